The van der Waals surface area contributed by atoms with Crippen LogP contribution in [0.3, 0.4) is 0 Å². The molecule has 0 saturated heterocycles. The van der Waals surface area contributed by atoms with E-state index in [4.69, 9.17) is 0 Å². The molecule has 1 aliphatic carbocycles. The fourth-order valence-corrected chi connectivity index (χ4v) is 6.73. The number of amides is 1. The van der Waals surface area contributed by atoms with Gasteiger partial charge in [-0.15, -0.1) is 0 Å². The molecule has 15 heteroatoms. The number of carbonyl (C=O) groups excluding carboxylic acids is 1. The second-order valence-corrected chi connectivity index (χ2v) is 13.3. The number of rotatable bonds is 5. The third-order valence-electron chi connectivity index (χ3n) is 6.17. The smallest absolute Gasteiger partial charge is 0.346 e. The second kappa shape index (κ2) is 9.57. The normalized spacial score (nSPS) is 21.5. The molecule has 0 radical (unpaired) electrons. The van der Waals surface area contributed by atoms with Crippen molar-refractivity contribution in [1.29, 1.82) is 0 Å². The number of sulfone groups is 2. The number of hydrogen-bond donors (Lipinski definition) is 1. The Hall–Kier alpha value is -2.68. The van der Waals surface area contributed by atoms with Gasteiger partial charge in [0, 0.05) is 18.0 Å². The molecule has 0 bridgehead atoms. The highest BCUT2D eigenvalue weighted by molar-refractivity contribution is 7.92. The molecule has 0 aliphatic heterocycles. The fraction of sp³-hybridized carbons (Fsp3) is 0.455. The average molecular weight is 573 g/mol. The summed E-state index contributed by atoms with van der Waals surface area (Å²) in [5.41, 5.74) is -4.27. The standard InChI is InChI=1S/C22H22F6N2O5S2/c1-20(30-19(31)18-17(36(2,32)33)11-14(12-29-18)22(26,27)28)8-6-15(7-9-20)37(34,35)16-5-3-4-13(10-16)21(23,24)25/h3-5,10-12,15H,6-9H2,1-2H3,(H,30,31). The van der Waals surface area contributed by atoms with Gasteiger partial charge in [-0.25, -0.2) is 21.8 Å². The first-order valence-corrected chi connectivity index (χ1v) is 14.2. The molecule has 1 aromatic heterocycles. The lowest BCUT2D eigenvalue weighted by Gasteiger charge is -2.37. The maximum atomic E-state index is 13.0. The van der Waals surface area contributed by atoms with Crippen molar-refractivity contribution in [3.8, 4) is 0 Å². The minimum absolute atomic E-state index is 0.0330. The highest BCUT2D eigenvalue weighted by Crippen LogP contribution is 2.37. The van der Waals surface area contributed by atoms with Crippen molar-refractivity contribution in [2.45, 2.75) is 65.5 Å². The minimum Gasteiger partial charge on any atom is -0.346 e. The second-order valence-electron chi connectivity index (χ2n) is 9.13. The number of pyridine rings is 1. The number of alkyl halides is 6. The van der Waals surface area contributed by atoms with Crippen LogP contribution in [-0.2, 0) is 32.0 Å². The van der Waals surface area contributed by atoms with E-state index < -0.39 is 75.3 Å². The van der Waals surface area contributed by atoms with Gasteiger partial charge in [0.25, 0.3) is 5.91 Å². The summed E-state index contributed by atoms with van der Waals surface area (Å²) < 4.78 is 128. The Morgan fingerprint density at radius 2 is 1.54 bits per heavy atom. The van der Waals surface area contributed by atoms with E-state index in [1.807, 2.05) is 0 Å². The summed E-state index contributed by atoms with van der Waals surface area (Å²) in [5.74, 6) is -1.06. The topological polar surface area (TPSA) is 110 Å². The molecule has 204 valence electrons. The zero-order valence-electron chi connectivity index (χ0n) is 19.4. The van der Waals surface area contributed by atoms with Gasteiger partial charge in [-0.1, -0.05) is 6.07 Å². The van der Waals surface area contributed by atoms with Gasteiger partial charge in [0.15, 0.2) is 19.7 Å². The molecule has 1 heterocycles. The average Bonchev–Trinajstić information content (AvgIpc) is 2.77. The molecule has 1 saturated carbocycles. The highest BCUT2D eigenvalue weighted by Gasteiger charge is 2.40. The van der Waals surface area contributed by atoms with Crippen LogP contribution < -0.4 is 5.32 Å². The van der Waals surface area contributed by atoms with Crippen LogP contribution in [0.2, 0.25) is 0 Å². The lowest BCUT2D eigenvalue weighted by atomic mass is 9.83. The van der Waals surface area contributed by atoms with Gasteiger partial charge in [0.2, 0.25) is 0 Å². The van der Waals surface area contributed by atoms with Crippen molar-refractivity contribution in [2.24, 2.45) is 0 Å². The first-order valence-electron chi connectivity index (χ1n) is 10.7. The number of hydrogen-bond acceptors (Lipinski definition) is 6. The molecule has 0 unspecified atom stereocenters. The van der Waals surface area contributed by atoms with Crippen molar-refractivity contribution in [1.82, 2.24) is 10.3 Å². The molecule has 1 aliphatic rings. The molecule has 3 rings (SSSR count). The van der Waals surface area contributed by atoms with E-state index in [9.17, 15) is 48.0 Å². The van der Waals surface area contributed by atoms with Gasteiger partial charge in [-0.05, 0) is 56.9 Å². The van der Waals surface area contributed by atoms with Gasteiger partial charge in [-0.2, -0.15) is 26.3 Å². The van der Waals surface area contributed by atoms with E-state index in [2.05, 4.69) is 10.3 Å². The summed E-state index contributed by atoms with van der Waals surface area (Å²) >= 11 is 0. The summed E-state index contributed by atoms with van der Waals surface area (Å²) in [6.07, 6.45) is -8.61. The van der Waals surface area contributed by atoms with Crippen LogP contribution in [-0.4, -0.2) is 44.8 Å². The molecular weight excluding hydrogens is 550 g/mol. The quantitative estimate of drug-likeness (QED) is 0.531. The number of nitrogens with zero attached hydrogens (tertiary/aromatic N) is 1. The molecule has 0 spiro atoms. The van der Waals surface area contributed by atoms with Crippen molar-refractivity contribution in [3.05, 3.63) is 53.3 Å². The monoisotopic (exact) mass is 572 g/mol. The fourth-order valence-electron chi connectivity index (χ4n) is 4.09. The molecule has 1 N–H and O–H groups in total. The van der Waals surface area contributed by atoms with Gasteiger partial charge < -0.3 is 5.32 Å². The summed E-state index contributed by atoms with van der Waals surface area (Å²) in [6.45, 7) is 1.54. The maximum absolute atomic E-state index is 13.0. The molecule has 37 heavy (non-hydrogen) atoms. The van der Waals surface area contributed by atoms with E-state index in [1.165, 1.54) is 0 Å². The van der Waals surface area contributed by atoms with Crippen molar-refractivity contribution < 1.29 is 48.0 Å². The van der Waals surface area contributed by atoms with Crippen LogP contribution in [0, 0.1) is 0 Å². The maximum Gasteiger partial charge on any atom is 0.417 e. The summed E-state index contributed by atoms with van der Waals surface area (Å²) in [7, 11) is -8.41. The van der Waals surface area contributed by atoms with E-state index in [1.54, 1.807) is 6.92 Å². The number of benzene rings is 1. The minimum atomic E-state index is -4.89. The Morgan fingerprint density at radius 3 is 2.05 bits per heavy atom. The molecule has 1 fully saturated rings. The number of halogens is 6. The lowest BCUT2D eigenvalue weighted by molar-refractivity contribution is -0.138. The summed E-state index contributed by atoms with van der Waals surface area (Å²) in [4.78, 5) is 14.9. The number of aromatic nitrogens is 1. The lowest BCUT2D eigenvalue weighted by Crippen LogP contribution is -2.50. The van der Waals surface area contributed by atoms with Crippen LogP contribution in [0.25, 0.3) is 0 Å². The third kappa shape index (κ3) is 6.43. The Bertz CT molecular complexity index is 1410. The Morgan fingerprint density at radius 1 is 0.973 bits per heavy atom. The first-order chi connectivity index (χ1) is 16.7. The van der Waals surface area contributed by atoms with E-state index in [0.717, 1.165) is 18.2 Å². The summed E-state index contributed by atoms with van der Waals surface area (Å²) in [5, 5.41) is 1.50. The Labute approximate surface area is 209 Å². The first kappa shape index (κ1) is 28.9. The largest absolute Gasteiger partial charge is 0.417 e. The van der Waals surface area contributed by atoms with Gasteiger partial charge >= 0.3 is 12.4 Å². The van der Waals surface area contributed by atoms with Gasteiger partial charge in [-0.3, -0.25) is 4.79 Å². The Kier molecular flexibility index (Phi) is 7.47. The predicted molar refractivity (Wildman–Crippen MR) is 119 cm³/mol. The third-order valence-corrected chi connectivity index (χ3v) is 9.55. The summed E-state index contributed by atoms with van der Waals surface area (Å²) in [6, 6.07) is 3.71. The Balaban J connectivity index is 1.79. The molecule has 0 atom stereocenters. The zero-order valence-corrected chi connectivity index (χ0v) is 21.1. The number of nitrogens with one attached hydrogen (secondary N) is 1. The van der Waals surface area contributed by atoms with Crippen LogP contribution in [0.1, 0.15) is 54.2 Å². The zero-order chi connectivity index (χ0) is 28.0. The molecule has 1 amide bonds. The van der Waals surface area contributed by atoms with E-state index in [-0.39, 0.29) is 25.7 Å². The van der Waals surface area contributed by atoms with E-state index in [0.29, 0.717) is 24.6 Å². The van der Waals surface area contributed by atoms with Crippen LogP contribution in [0.5, 0.6) is 0 Å². The van der Waals surface area contributed by atoms with Crippen molar-refractivity contribution in [2.75, 3.05) is 6.26 Å². The van der Waals surface area contributed by atoms with Crippen LogP contribution in [0.4, 0.5) is 26.3 Å². The highest BCUT2D eigenvalue weighted by atomic mass is 32.2. The van der Waals surface area contributed by atoms with E-state index >= 15 is 0 Å². The van der Waals surface area contributed by atoms with Crippen molar-refractivity contribution in [3.63, 3.8) is 0 Å². The van der Waals surface area contributed by atoms with Crippen LogP contribution in [0.15, 0.2) is 46.3 Å². The van der Waals surface area contributed by atoms with Crippen molar-refractivity contribution >= 4 is 25.6 Å². The number of carbonyl (C=O) groups is 1. The molecular formula is C22H22F6N2O5S2. The van der Waals surface area contributed by atoms with Gasteiger partial charge in [0.05, 0.1) is 26.2 Å². The van der Waals surface area contributed by atoms with Gasteiger partial charge in [0.1, 0.15) is 5.69 Å². The predicted octanol–water partition coefficient (Wildman–Crippen LogP) is 4.43. The molecule has 7 nitrogen and oxygen atoms in total. The molecule has 2 aromatic rings. The van der Waals surface area contributed by atoms with Crippen LogP contribution >= 0.6 is 0 Å². The SMILES string of the molecule is CC1(NC(=O)c2ncc(C(F)(F)F)cc2S(C)(=O)=O)CCC(S(=O)(=O)c2cccc(C(F)(F)F)c2)CC1. The molecule has 1 aromatic carbocycles.